The highest BCUT2D eigenvalue weighted by Crippen LogP contribution is 2.35. The van der Waals surface area contributed by atoms with Crippen molar-refractivity contribution in [1.29, 1.82) is 0 Å². The molecule has 2 nitrogen and oxygen atoms in total. The molecule has 0 aliphatic rings. The zero-order valence-corrected chi connectivity index (χ0v) is 16.6. The molecule has 0 saturated carbocycles. The smallest absolute Gasteiger partial charge is 0.110 e. The molecule has 1 aromatic heterocycles. The van der Waals surface area contributed by atoms with Gasteiger partial charge in [0.15, 0.2) is 0 Å². The van der Waals surface area contributed by atoms with Crippen LogP contribution in [-0.4, -0.2) is 18.3 Å². The largest absolute Gasteiger partial charge is 0.330 e. The first-order valence-electron chi connectivity index (χ1n) is 7.81. The van der Waals surface area contributed by atoms with Crippen LogP contribution in [0, 0.1) is 0 Å². The van der Waals surface area contributed by atoms with E-state index in [2.05, 4.69) is 80.0 Å². The zero-order valence-electron chi connectivity index (χ0n) is 15.5. The van der Waals surface area contributed by atoms with Gasteiger partial charge in [0.25, 0.3) is 0 Å². The van der Waals surface area contributed by atoms with Gasteiger partial charge in [0.05, 0.1) is 11.1 Å². The molecular weight excluding hydrogens is 260 g/mol. The molecule has 0 N–H and O–H groups in total. The highest BCUT2D eigenvalue weighted by Gasteiger charge is 2.36. The van der Waals surface area contributed by atoms with Crippen molar-refractivity contribution in [2.45, 2.75) is 91.8 Å². The van der Waals surface area contributed by atoms with E-state index in [9.17, 15) is 0 Å². The van der Waals surface area contributed by atoms with E-state index in [4.69, 9.17) is 4.98 Å². The molecule has 0 unspecified atom stereocenters. The fourth-order valence-electron chi connectivity index (χ4n) is 2.72. The minimum absolute atomic E-state index is 0.0890. The van der Waals surface area contributed by atoms with Gasteiger partial charge in [0.2, 0.25) is 0 Å². The van der Waals surface area contributed by atoms with Crippen molar-refractivity contribution >= 4 is 14.2 Å². The minimum atomic E-state index is -0.967. The molecule has 0 aliphatic heterocycles. The van der Waals surface area contributed by atoms with Crippen LogP contribution in [0.1, 0.15) is 73.7 Å². The van der Waals surface area contributed by atoms with Gasteiger partial charge in [-0.1, -0.05) is 54.6 Å². The van der Waals surface area contributed by atoms with E-state index in [1.165, 1.54) is 16.8 Å². The number of aromatic nitrogens is 2. The highest BCUT2D eigenvalue weighted by molar-refractivity contribution is 6.69. The van der Waals surface area contributed by atoms with Crippen molar-refractivity contribution in [2.75, 3.05) is 0 Å². The van der Waals surface area contributed by atoms with Crippen LogP contribution in [0.25, 0.3) is 0 Å². The summed E-state index contributed by atoms with van der Waals surface area (Å²) in [7, 11) is -0.967. The zero-order chi connectivity index (χ0) is 16.1. The van der Waals surface area contributed by atoms with Crippen LogP contribution in [0.3, 0.4) is 0 Å². The Hall–Kier alpha value is -0.573. The van der Waals surface area contributed by atoms with Gasteiger partial charge in [-0.15, -0.1) is 0 Å². The number of nitrogens with zero attached hydrogens (tertiary/aromatic N) is 2. The maximum atomic E-state index is 5.14. The normalized spacial score (nSPS) is 14.2. The molecule has 116 valence electrons. The maximum Gasteiger partial charge on any atom is 0.110 e. The fourth-order valence-corrected chi connectivity index (χ4v) is 4.14. The molecule has 20 heavy (non-hydrogen) atoms. The molecule has 0 atom stereocenters. The van der Waals surface area contributed by atoms with Crippen molar-refractivity contribution in [3.05, 3.63) is 11.4 Å². The van der Waals surface area contributed by atoms with Crippen LogP contribution in [0.2, 0.25) is 13.1 Å². The minimum Gasteiger partial charge on any atom is -0.330 e. The van der Waals surface area contributed by atoms with Gasteiger partial charge < -0.3 is 4.57 Å². The lowest BCUT2D eigenvalue weighted by atomic mass is 9.81. The molecule has 0 aromatic carbocycles. The van der Waals surface area contributed by atoms with Crippen molar-refractivity contribution in [2.24, 2.45) is 0 Å². The molecule has 0 radical (unpaired) electrons. The summed E-state index contributed by atoms with van der Waals surface area (Å²) >= 11 is 0. The topological polar surface area (TPSA) is 17.8 Å². The summed E-state index contributed by atoms with van der Waals surface area (Å²) in [5.74, 6) is 0. The number of imidazole rings is 1. The summed E-state index contributed by atoms with van der Waals surface area (Å²) in [4.78, 5) is 5.14. The van der Waals surface area contributed by atoms with Crippen LogP contribution < -0.4 is 5.45 Å². The Morgan fingerprint density at radius 2 is 1.25 bits per heavy atom. The predicted molar refractivity (Wildman–Crippen MR) is 93.1 cm³/mol. The Kier molecular flexibility index (Phi) is 4.38. The Morgan fingerprint density at radius 1 is 0.800 bits per heavy atom. The summed E-state index contributed by atoms with van der Waals surface area (Å²) in [6, 6.07) is 0. The predicted octanol–water partition coefficient (Wildman–Crippen LogP) is 3.93. The van der Waals surface area contributed by atoms with E-state index in [0.29, 0.717) is 0 Å². The van der Waals surface area contributed by atoms with Crippen LogP contribution in [-0.2, 0) is 16.4 Å². The quantitative estimate of drug-likeness (QED) is 0.718. The first-order chi connectivity index (χ1) is 8.67. The van der Waals surface area contributed by atoms with Crippen LogP contribution in [0.4, 0.5) is 0 Å². The molecule has 3 heteroatoms. The van der Waals surface area contributed by atoms with E-state index in [1.54, 1.807) is 0 Å². The summed E-state index contributed by atoms with van der Waals surface area (Å²) in [6.45, 7) is 25.4. The fraction of sp³-hybridized carbons (Fsp3) is 0.824. The van der Waals surface area contributed by atoms with E-state index >= 15 is 0 Å². The molecule has 1 rings (SSSR count). The van der Waals surface area contributed by atoms with Gasteiger partial charge in [-0.25, -0.2) is 4.98 Å². The SMILES string of the molecule is C[SiH](C)c1nc(C(C)(C)C)c(C(C)(C)C)n1C(C)(C)C. The highest BCUT2D eigenvalue weighted by atomic mass is 28.3. The van der Waals surface area contributed by atoms with Crippen molar-refractivity contribution in [1.82, 2.24) is 9.55 Å². The molecular formula is C17H34N2Si. The van der Waals surface area contributed by atoms with Gasteiger partial charge in [0, 0.05) is 22.1 Å². The molecule has 1 aromatic rings. The summed E-state index contributed by atoms with van der Waals surface area (Å²) in [5, 5.41) is 0. The molecule has 0 bridgehead atoms. The Balaban J connectivity index is 3.83. The third-order valence-corrected chi connectivity index (χ3v) is 4.93. The van der Waals surface area contributed by atoms with Gasteiger partial charge >= 0.3 is 0 Å². The second kappa shape index (κ2) is 5.01. The number of hydrogen-bond donors (Lipinski definition) is 0. The summed E-state index contributed by atoms with van der Waals surface area (Å²) in [6.07, 6.45) is 0. The van der Waals surface area contributed by atoms with Gasteiger partial charge in [0.1, 0.15) is 8.80 Å². The summed E-state index contributed by atoms with van der Waals surface area (Å²) in [5.41, 5.74) is 4.37. The third-order valence-electron chi connectivity index (χ3n) is 3.51. The Bertz CT molecular complexity index is 477. The van der Waals surface area contributed by atoms with Crippen LogP contribution in [0.5, 0.6) is 0 Å². The van der Waals surface area contributed by atoms with Crippen molar-refractivity contribution < 1.29 is 0 Å². The lowest BCUT2D eigenvalue weighted by Gasteiger charge is -2.34. The Morgan fingerprint density at radius 3 is 1.50 bits per heavy atom. The van der Waals surface area contributed by atoms with Gasteiger partial charge in [-0.2, -0.15) is 0 Å². The average Bonchev–Trinajstić information content (AvgIpc) is 2.54. The molecule has 0 spiro atoms. The van der Waals surface area contributed by atoms with Gasteiger partial charge in [-0.3, -0.25) is 0 Å². The molecule has 0 aliphatic carbocycles. The van der Waals surface area contributed by atoms with Crippen LogP contribution in [0.15, 0.2) is 0 Å². The van der Waals surface area contributed by atoms with Crippen molar-refractivity contribution in [3.8, 4) is 0 Å². The number of hydrogen-bond acceptors (Lipinski definition) is 1. The maximum absolute atomic E-state index is 5.14. The number of rotatable bonds is 1. The Labute approximate surface area is 127 Å². The van der Waals surface area contributed by atoms with Crippen molar-refractivity contribution in [3.63, 3.8) is 0 Å². The summed E-state index contributed by atoms with van der Waals surface area (Å²) < 4.78 is 2.55. The standard InChI is InChI=1S/C17H34N2Si/c1-15(2,3)12-13(16(4,5)6)19(17(7,8)9)14(18-12)20(10)11/h20H,1-11H3. The molecule has 0 saturated heterocycles. The van der Waals surface area contributed by atoms with Crippen LogP contribution >= 0.6 is 0 Å². The lowest BCUT2D eigenvalue weighted by molar-refractivity contribution is 0.362. The van der Waals surface area contributed by atoms with E-state index in [1.807, 2.05) is 0 Å². The molecule has 0 amide bonds. The monoisotopic (exact) mass is 294 g/mol. The first kappa shape index (κ1) is 17.5. The van der Waals surface area contributed by atoms with E-state index in [-0.39, 0.29) is 16.4 Å². The van der Waals surface area contributed by atoms with Gasteiger partial charge in [-0.05, 0) is 20.8 Å². The third kappa shape index (κ3) is 3.36. The average molecular weight is 295 g/mol. The van der Waals surface area contributed by atoms with E-state index < -0.39 is 8.80 Å². The molecule has 0 fully saturated rings. The lowest BCUT2D eigenvalue weighted by Crippen LogP contribution is -2.42. The second-order valence-electron chi connectivity index (χ2n) is 9.33. The van der Waals surface area contributed by atoms with E-state index in [0.717, 1.165) is 0 Å². The molecule has 1 heterocycles. The second-order valence-corrected chi connectivity index (χ2v) is 12.2. The first-order valence-corrected chi connectivity index (χ1v) is 10.7.